The predicted octanol–water partition coefficient (Wildman–Crippen LogP) is 3.88. The SMILES string of the molecule is CCNC(=NCc1ccc(N2CCOCC2)cc1)Nc1ccc2c(c1)OCCCO2.I. The quantitative estimate of drug-likeness (QED) is 0.342. The molecule has 0 atom stereocenters. The van der Waals surface area contributed by atoms with Gasteiger partial charge in [-0.25, -0.2) is 4.99 Å². The summed E-state index contributed by atoms with van der Waals surface area (Å²) in [6.07, 6.45) is 0.895. The van der Waals surface area contributed by atoms with E-state index in [1.165, 1.54) is 11.3 Å². The lowest BCUT2D eigenvalue weighted by Gasteiger charge is -2.28. The molecule has 2 aromatic carbocycles. The van der Waals surface area contributed by atoms with Crippen LogP contribution in [0.15, 0.2) is 47.5 Å². The Balaban J connectivity index is 0.00000272. The number of nitrogens with zero attached hydrogens (tertiary/aromatic N) is 2. The molecule has 0 spiro atoms. The van der Waals surface area contributed by atoms with E-state index in [-0.39, 0.29) is 24.0 Å². The first-order chi connectivity index (χ1) is 14.8. The van der Waals surface area contributed by atoms with Crippen molar-refractivity contribution in [2.24, 2.45) is 4.99 Å². The number of fused-ring (bicyclic) bond motifs is 1. The molecular formula is C23H31IN4O3. The second-order valence-corrected chi connectivity index (χ2v) is 7.30. The van der Waals surface area contributed by atoms with Crippen LogP contribution in [0.4, 0.5) is 11.4 Å². The van der Waals surface area contributed by atoms with E-state index in [4.69, 9.17) is 19.2 Å². The molecule has 1 saturated heterocycles. The fraction of sp³-hybridized carbons (Fsp3) is 0.435. The summed E-state index contributed by atoms with van der Waals surface area (Å²) in [6.45, 7) is 8.29. The van der Waals surface area contributed by atoms with Crippen molar-refractivity contribution in [3.8, 4) is 11.5 Å². The average Bonchev–Trinajstić information content (AvgIpc) is 3.04. The van der Waals surface area contributed by atoms with Crippen LogP contribution in [0.25, 0.3) is 0 Å². The zero-order valence-electron chi connectivity index (χ0n) is 17.9. The molecule has 168 valence electrons. The highest BCUT2D eigenvalue weighted by atomic mass is 127. The van der Waals surface area contributed by atoms with Crippen molar-refractivity contribution in [1.82, 2.24) is 5.32 Å². The van der Waals surface area contributed by atoms with Crippen molar-refractivity contribution in [3.05, 3.63) is 48.0 Å². The summed E-state index contributed by atoms with van der Waals surface area (Å²) in [5.41, 5.74) is 3.33. The van der Waals surface area contributed by atoms with E-state index in [2.05, 4.69) is 46.7 Å². The van der Waals surface area contributed by atoms with Gasteiger partial charge >= 0.3 is 0 Å². The fourth-order valence-corrected chi connectivity index (χ4v) is 3.49. The normalized spacial score (nSPS) is 16.2. The molecule has 31 heavy (non-hydrogen) atoms. The molecule has 4 rings (SSSR count). The zero-order chi connectivity index (χ0) is 20.6. The first-order valence-electron chi connectivity index (χ1n) is 10.7. The largest absolute Gasteiger partial charge is 0.490 e. The number of guanidine groups is 1. The summed E-state index contributed by atoms with van der Waals surface area (Å²) in [5.74, 6) is 2.30. The summed E-state index contributed by atoms with van der Waals surface area (Å²) < 4.78 is 16.9. The van der Waals surface area contributed by atoms with Crippen LogP contribution in [0, 0.1) is 0 Å². The van der Waals surface area contributed by atoms with Crippen molar-refractivity contribution in [3.63, 3.8) is 0 Å². The third-order valence-electron chi connectivity index (χ3n) is 5.09. The van der Waals surface area contributed by atoms with Crippen LogP contribution in [0.2, 0.25) is 0 Å². The van der Waals surface area contributed by atoms with Gasteiger partial charge < -0.3 is 29.7 Å². The summed E-state index contributed by atoms with van der Waals surface area (Å²) in [6, 6.07) is 14.5. The highest BCUT2D eigenvalue weighted by Crippen LogP contribution is 2.32. The van der Waals surface area contributed by atoms with Gasteiger partial charge in [-0.05, 0) is 36.8 Å². The zero-order valence-corrected chi connectivity index (χ0v) is 20.3. The van der Waals surface area contributed by atoms with E-state index in [1.807, 2.05) is 18.2 Å². The smallest absolute Gasteiger partial charge is 0.196 e. The van der Waals surface area contributed by atoms with Crippen LogP contribution in [-0.4, -0.2) is 52.0 Å². The molecule has 0 radical (unpaired) electrons. The van der Waals surface area contributed by atoms with Crippen molar-refractivity contribution >= 4 is 41.3 Å². The lowest BCUT2D eigenvalue weighted by Crippen LogP contribution is -2.36. The Labute approximate surface area is 201 Å². The van der Waals surface area contributed by atoms with Gasteiger partial charge in [-0.3, -0.25) is 0 Å². The number of anilines is 2. The molecule has 0 saturated carbocycles. The Morgan fingerprint density at radius 3 is 2.45 bits per heavy atom. The summed E-state index contributed by atoms with van der Waals surface area (Å²) in [4.78, 5) is 7.09. The molecule has 0 amide bonds. The van der Waals surface area contributed by atoms with E-state index < -0.39 is 0 Å². The van der Waals surface area contributed by atoms with Crippen LogP contribution in [-0.2, 0) is 11.3 Å². The second-order valence-electron chi connectivity index (χ2n) is 7.30. The molecule has 7 nitrogen and oxygen atoms in total. The van der Waals surface area contributed by atoms with Gasteiger partial charge in [0.05, 0.1) is 33.0 Å². The molecule has 2 N–H and O–H groups in total. The van der Waals surface area contributed by atoms with Crippen molar-refractivity contribution in [2.45, 2.75) is 19.9 Å². The molecule has 0 aromatic heterocycles. The lowest BCUT2D eigenvalue weighted by atomic mass is 10.2. The maximum atomic E-state index is 5.78. The Kier molecular flexibility index (Phi) is 9.08. The Hall–Kier alpha value is -2.20. The second kappa shape index (κ2) is 12.0. The van der Waals surface area contributed by atoms with E-state index in [0.29, 0.717) is 19.8 Å². The summed E-state index contributed by atoms with van der Waals surface area (Å²) >= 11 is 0. The minimum absolute atomic E-state index is 0. The van der Waals surface area contributed by atoms with E-state index in [9.17, 15) is 0 Å². The van der Waals surface area contributed by atoms with Crippen LogP contribution in [0.5, 0.6) is 11.5 Å². The number of hydrogen-bond acceptors (Lipinski definition) is 5. The van der Waals surface area contributed by atoms with Crippen LogP contribution in [0.3, 0.4) is 0 Å². The number of ether oxygens (including phenoxy) is 3. The van der Waals surface area contributed by atoms with Gasteiger partial charge in [-0.1, -0.05) is 12.1 Å². The van der Waals surface area contributed by atoms with E-state index >= 15 is 0 Å². The van der Waals surface area contributed by atoms with Gasteiger partial charge in [-0.2, -0.15) is 0 Å². The number of halogens is 1. The Bertz CT molecular complexity index is 854. The van der Waals surface area contributed by atoms with Crippen LogP contribution in [0.1, 0.15) is 18.9 Å². The van der Waals surface area contributed by atoms with E-state index in [0.717, 1.165) is 62.4 Å². The van der Waals surface area contributed by atoms with Gasteiger partial charge in [0.1, 0.15) is 0 Å². The van der Waals surface area contributed by atoms with Crippen molar-refractivity contribution < 1.29 is 14.2 Å². The third kappa shape index (κ3) is 6.64. The van der Waals surface area contributed by atoms with Gasteiger partial charge in [0.15, 0.2) is 17.5 Å². The fourth-order valence-electron chi connectivity index (χ4n) is 3.49. The van der Waals surface area contributed by atoms with Gasteiger partial charge in [0.25, 0.3) is 0 Å². The number of nitrogens with one attached hydrogen (secondary N) is 2. The molecule has 8 heteroatoms. The van der Waals surface area contributed by atoms with Crippen molar-refractivity contribution in [2.75, 3.05) is 56.3 Å². The highest BCUT2D eigenvalue weighted by molar-refractivity contribution is 14.0. The van der Waals surface area contributed by atoms with Crippen LogP contribution < -0.4 is 25.0 Å². The summed E-state index contributed by atoms with van der Waals surface area (Å²) in [5, 5.41) is 6.67. The minimum atomic E-state index is 0. The molecule has 2 heterocycles. The Morgan fingerprint density at radius 1 is 0.968 bits per heavy atom. The monoisotopic (exact) mass is 538 g/mol. The minimum Gasteiger partial charge on any atom is -0.490 e. The maximum Gasteiger partial charge on any atom is 0.196 e. The molecule has 2 aliphatic rings. The highest BCUT2D eigenvalue weighted by Gasteiger charge is 2.12. The molecular weight excluding hydrogens is 507 g/mol. The first kappa shape index (κ1) is 23.5. The average molecular weight is 538 g/mol. The van der Waals surface area contributed by atoms with E-state index in [1.54, 1.807) is 0 Å². The number of rotatable bonds is 5. The first-order valence-corrected chi connectivity index (χ1v) is 10.7. The number of benzene rings is 2. The third-order valence-corrected chi connectivity index (χ3v) is 5.09. The van der Waals surface area contributed by atoms with Gasteiger partial charge in [-0.15, -0.1) is 24.0 Å². The summed E-state index contributed by atoms with van der Waals surface area (Å²) in [7, 11) is 0. The predicted molar refractivity (Wildman–Crippen MR) is 135 cm³/mol. The maximum absolute atomic E-state index is 5.78. The standard InChI is InChI=1S/C23H30N4O3.HI/c1-2-24-23(26-19-6-9-21-22(16-19)30-13-3-12-29-21)25-17-18-4-7-20(8-5-18)27-10-14-28-15-11-27;/h4-9,16H,2-3,10-15,17H2,1H3,(H2,24,25,26);1H. The lowest BCUT2D eigenvalue weighted by molar-refractivity contribution is 0.122. The van der Waals surface area contributed by atoms with Crippen molar-refractivity contribution in [1.29, 1.82) is 0 Å². The number of morpholine rings is 1. The molecule has 0 bridgehead atoms. The number of aliphatic imine (C=N–C) groups is 1. The number of hydrogen-bond donors (Lipinski definition) is 2. The molecule has 1 fully saturated rings. The molecule has 2 aromatic rings. The topological polar surface area (TPSA) is 67.4 Å². The molecule has 2 aliphatic heterocycles. The Morgan fingerprint density at radius 2 is 1.71 bits per heavy atom. The van der Waals surface area contributed by atoms with Crippen LogP contribution >= 0.6 is 24.0 Å². The van der Waals surface area contributed by atoms with Gasteiger partial charge in [0.2, 0.25) is 0 Å². The van der Waals surface area contributed by atoms with Gasteiger partial charge in [0, 0.05) is 43.5 Å². The molecule has 0 unspecified atom stereocenters. The molecule has 0 aliphatic carbocycles.